The van der Waals surface area contributed by atoms with Crippen LogP contribution in [0.15, 0.2) is 21.8 Å². The molecular weight excluding hydrogens is 407 g/mol. The number of hydrogen-bond donors (Lipinski definition) is 1. The number of rotatable bonds is 3. The van der Waals surface area contributed by atoms with E-state index in [4.69, 9.17) is 16.3 Å². The van der Waals surface area contributed by atoms with Crippen LogP contribution in [-0.2, 0) is 14.8 Å². The molecule has 27 heavy (non-hydrogen) atoms. The molecule has 0 unspecified atom stereocenters. The van der Waals surface area contributed by atoms with E-state index in [9.17, 15) is 21.6 Å². The first-order chi connectivity index (χ1) is 12.6. The Morgan fingerprint density at radius 2 is 1.81 bits per heavy atom. The summed E-state index contributed by atoms with van der Waals surface area (Å²) in [5.41, 5.74) is -1.41. The zero-order valence-electron chi connectivity index (χ0n) is 14.6. The van der Waals surface area contributed by atoms with Crippen LogP contribution in [0.2, 0.25) is 0 Å². The van der Waals surface area contributed by atoms with Gasteiger partial charge in [0.2, 0.25) is 10.0 Å². The lowest BCUT2D eigenvalue weighted by Crippen LogP contribution is -2.74. The summed E-state index contributed by atoms with van der Waals surface area (Å²) in [7, 11) is -4.18. The molecule has 0 aliphatic carbocycles. The highest BCUT2D eigenvalue weighted by molar-refractivity contribution is 7.93. The molecule has 11 heteroatoms. The summed E-state index contributed by atoms with van der Waals surface area (Å²) in [5, 5.41) is 1.75. The van der Waals surface area contributed by atoms with E-state index in [1.54, 1.807) is 0 Å². The van der Waals surface area contributed by atoms with Crippen LogP contribution in [0.25, 0.3) is 0 Å². The Bertz CT molecular complexity index is 776. The number of hydrogen-bond acceptors (Lipinski definition) is 5. The van der Waals surface area contributed by atoms with E-state index in [1.165, 1.54) is 6.08 Å². The number of nitrogens with one attached hydrogen (secondary N) is 1. The predicted octanol–water partition coefficient (Wildman–Crippen LogP) is 1.96. The van der Waals surface area contributed by atoms with Crippen molar-refractivity contribution in [2.75, 3.05) is 39.4 Å². The van der Waals surface area contributed by atoms with E-state index < -0.39 is 26.8 Å². The molecule has 4 aliphatic heterocycles. The predicted molar refractivity (Wildman–Crippen MR) is 93.1 cm³/mol. The van der Waals surface area contributed by atoms with Crippen molar-refractivity contribution in [2.24, 2.45) is 5.41 Å². The molecule has 0 atom stereocenters. The fraction of sp³-hybridized carbons (Fsp3) is 0.750. The van der Waals surface area contributed by atoms with Crippen LogP contribution >= 0.6 is 11.6 Å². The summed E-state index contributed by atoms with van der Waals surface area (Å²) in [6, 6.07) is 0.462. The van der Waals surface area contributed by atoms with Gasteiger partial charge in [0, 0.05) is 57.3 Å². The van der Waals surface area contributed by atoms with Crippen LogP contribution in [0.1, 0.15) is 19.3 Å². The summed E-state index contributed by atoms with van der Waals surface area (Å²) in [5.74, 6) is 0. The van der Waals surface area contributed by atoms with Gasteiger partial charge in [0.25, 0.3) is 0 Å². The highest BCUT2D eigenvalue weighted by Crippen LogP contribution is 2.45. The second kappa shape index (κ2) is 6.62. The first kappa shape index (κ1) is 19.5. The molecule has 1 spiro atoms. The first-order valence-corrected chi connectivity index (χ1v) is 10.7. The fourth-order valence-corrected chi connectivity index (χ4v) is 6.43. The van der Waals surface area contributed by atoms with E-state index in [1.807, 2.05) is 5.32 Å². The van der Waals surface area contributed by atoms with Gasteiger partial charge in [-0.15, -0.1) is 0 Å². The van der Waals surface area contributed by atoms with Gasteiger partial charge in [0.15, 0.2) is 0 Å². The number of likely N-dealkylation sites (tertiary alicyclic amines) is 1. The minimum absolute atomic E-state index is 0.125. The lowest BCUT2D eigenvalue weighted by molar-refractivity contribution is -0.116. The molecule has 3 fully saturated rings. The van der Waals surface area contributed by atoms with Gasteiger partial charge in [-0.2, -0.15) is 17.5 Å². The van der Waals surface area contributed by atoms with Gasteiger partial charge in [-0.05, 0) is 18.9 Å². The Morgan fingerprint density at radius 3 is 2.41 bits per heavy atom. The summed E-state index contributed by atoms with van der Waals surface area (Å²) in [4.78, 5) is 1.67. The van der Waals surface area contributed by atoms with Crippen molar-refractivity contribution in [3.8, 4) is 0 Å². The van der Waals surface area contributed by atoms with Gasteiger partial charge in [-0.1, -0.05) is 11.6 Å². The minimum atomic E-state index is -4.81. The molecule has 3 saturated heterocycles. The number of halogens is 4. The van der Waals surface area contributed by atoms with Gasteiger partial charge in [0.1, 0.15) is 10.9 Å². The Balaban J connectivity index is 1.43. The molecule has 4 aliphatic rings. The summed E-state index contributed by atoms with van der Waals surface area (Å²) >= 11 is 5.62. The molecule has 0 aromatic carbocycles. The highest BCUT2D eigenvalue weighted by Gasteiger charge is 2.57. The standard InChI is InChI=1S/C16H21ClF3N3O3S/c17-13-2-1-12(14(21-13)16(18,19)20)27(24,25)23-9-15(10-23)7-22(8-15)11-3-5-26-6-4-11/h2,11,21H,1,3-10H2. The van der Waals surface area contributed by atoms with Crippen molar-refractivity contribution < 1.29 is 26.3 Å². The van der Waals surface area contributed by atoms with Crippen LogP contribution in [0.3, 0.4) is 0 Å². The van der Waals surface area contributed by atoms with Crippen LogP contribution < -0.4 is 5.32 Å². The average molecular weight is 428 g/mol. The van der Waals surface area contributed by atoms with Gasteiger partial charge in [-0.3, -0.25) is 4.90 Å². The number of alkyl halides is 3. The molecule has 6 nitrogen and oxygen atoms in total. The number of dihydropyridines is 1. The van der Waals surface area contributed by atoms with Crippen molar-refractivity contribution in [3.63, 3.8) is 0 Å². The number of allylic oxidation sites excluding steroid dienone is 3. The molecule has 1 N–H and O–H groups in total. The fourth-order valence-electron chi connectivity index (χ4n) is 4.34. The Hall–Kier alpha value is -0.810. The summed E-state index contributed by atoms with van der Waals surface area (Å²) < 4.78 is 71.8. The van der Waals surface area contributed by atoms with Gasteiger partial charge in [0.05, 0.1) is 4.91 Å². The van der Waals surface area contributed by atoms with E-state index >= 15 is 0 Å². The lowest BCUT2D eigenvalue weighted by Gasteiger charge is -2.61. The molecule has 0 amide bonds. The maximum Gasteiger partial charge on any atom is 0.432 e. The minimum Gasteiger partial charge on any atom is -0.381 e. The van der Waals surface area contributed by atoms with Gasteiger partial charge < -0.3 is 10.1 Å². The van der Waals surface area contributed by atoms with Crippen LogP contribution in [0.5, 0.6) is 0 Å². The molecule has 0 aromatic rings. The zero-order valence-corrected chi connectivity index (χ0v) is 16.1. The van der Waals surface area contributed by atoms with E-state index in [0.29, 0.717) is 6.04 Å². The monoisotopic (exact) mass is 427 g/mol. The second-order valence-electron chi connectivity index (χ2n) is 7.70. The molecule has 4 rings (SSSR count). The topological polar surface area (TPSA) is 61.9 Å². The molecule has 0 bridgehead atoms. The molecule has 152 valence electrons. The molecule has 4 heterocycles. The van der Waals surface area contributed by atoms with E-state index in [2.05, 4.69) is 4.90 Å². The normalized spacial score (nSPS) is 27.8. The van der Waals surface area contributed by atoms with Gasteiger partial charge >= 0.3 is 6.18 Å². The maximum atomic E-state index is 13.3. The van der Waals surface area contributed by atoms with E-state index in [0.717, 1.165) is 43.5 Å². The summed E-state index contributed by atoms with van der Waals surface area (Å²) in [6.45, 7) is 3.60. The Labute approximate surface area is 161 Å². The van der Waals surface area contributed by atoms with Crippen LogP contribution in [-0.4, -0.2) is 69.2 Å². The smallest absolute Gasteiger partial charge is 0.381 e. The van der Waals surface area contributed by atoms with E-state index in [-0.39, 0.29) is 30.1 Å². The van der Waals surface area contributed by atoms with Gasteiger partial charge in [-0.25, -0.2) is 8.42 Å². The SMILES string of the molecule is O=S(=O)(C1=C(C(F)(F)F)NC(Cl)=CC1)N1CC2(CN(C3CCOCC3)C2)C1. The average Bonchev–Trinajstić information content (AvgIpc) is 2.52. The quantitative estimate of drug-likeness (QED) is 0.698. The highest BCUT2D eigenvalue weighted by atomic mass is 35.5. The summed E-state index contributed by atoms with van der Waals surface area (Å²) in [6.07, 6.45) is -1.98. The Morgan fingerprint density at radius 1 is 1.19 bits per heavy atom. The first-order valence-electron chi connectivity index (χ1n) is 8.86. The van der Waals surface area contributed by atoms with Crippen molar-refractivity contribution in [3.05, 3.63) is 21.8 Å². The third-order valence-electron chi connectivity index (χ3n) is 5.73. The van der Waals surface area contributed by atoms with Crippen LogP contribution in [0.4, 0.5) is 13.2 Å². The lowest BCUT2D eigenvalue weighted by atomic mass is 9.73. The molecule has 0 saturated carbocycles. The zero-order chi connectivity index (χ0) is 19.4. The third kappa shape index (κ3) is 3.50. The number of nitrogens with zero attached hydrogens (tertiary/aromatic N) is 2. The van der Waals surface area contributed by atoms with Crippen LogP contribution in [0, 0.1) is 5.41 Å². The molecular formula is C16H21ClF3N3O3S. The maximum absolute atomic E-state index is 13.3. The largest absolute Gasteiger partial charge is 0.432 e. The number of sulfonamides is 1. The van der Waals surface area contributed by atoms with Crippen molar-refractivity contribution in [2.45, 2.75) is 31.5 Å². The second-order valence-corrected chi connectivity index (χ2v) is 10.1. The van der Waals surface area contributed by atoms with Crippen molar-refractivity contribution in [1.29, 1.82) is 0 Å². The van der Waals surface area contributed by atoms with Crippen molar-refractivity contribution >= 4 is 21.6 Å². The third-order valence-corrected chi connectivity index (χ3v) is 7.91. The molecule has 0 radical (unpaired) electrons. The van der Waals surface area contributed by atoms with Crippen molar-refractivity contribution in [1.82, 2.24) is 14.5 Å². The Kier molecular flexibility index (Phi) is 4.78. The molecule has 0 aromatic heterocycles. The number of ether oxygens (including phenoxy) is 1.